The molecule has 0 atom stereocenters. The van der Waals surface area contributed by atoms with Gasteiger partial charge in [0.05, 0.1) is 0 Å². The van der Waals surface area contributed by atoms with Crippen molar-refractivity contribution in [3.63, 3.8) is 0 Å². The van der Waals surface area contributed by atoms with E-state index in [1.165, 1.54) is 58.1 Å². The second kappa shape index (κ2) is 31.8. The molecule has 0 aliphatic heterocycles. The fourth-order valence-electron chi connectivity index (χ4n) is 16.7. The van der Waals surface area contributed by atoms with Crippen LogP contribution in [-0.4, -0.2) is 44.9 Å². The van der Waals surface area contributed by atoms with E-state index in [0.29, 0.717) is 52.4 Å². The number of thiophene rings is 1. The lowest BCUT2D eigenvalue weighted by Gasteiger charge is -2.12. The zero-order valence-electron chi connectivity index (χ0n) is 66.1. The third-order valence-corrected chi connectivity index (χ3v) is 23.7. The molecule has 6 aromatic heterocycles. The molecule has 123 heavy (non-hydrogen) atoms. The van der Waals surface area contributed by atoms with Gasteiger partial charge in [0.1, 0.15) is 22.3 Å². The van der Waals surface area contributed by atoms with E-state index in [9.17, 15) is 0 Å². The highest BCUT2D eigenvalue weighted by Gasteiger charge is 2.22. The predicted octanol–water partition coefficient (Wildman–Crippen LogP) is 29.2. The molecule has 0 bridgehead atoms. The van der Waals surface area contributed by atoms with E-state index in [0.717, 1.165) is 122 Å². The van der Waals surface area contributed by atoms with Crippen molar-refractivity contribution in [1.82, 2.24) is 44.9 Å². The summed E-state index contributed by atoms with van der Waals surface area (Å²) in [5.74, 6) is 5.89. The minimum Gasteiger partial charge on any atom is -0.456 e. The van der Waals surface area contributed by atoms with Crippen LogP contribution < -0.4 is 0 Å². The highest BCUT2D eigenvalue weighted by atomic mass is 32.1. The van der Waals surface area contributed by atoms with Gasteiger partial charge in [-0.25, -0.2) is 44.9 Å². The summed E-state index contributed by atoms with van der Waals surface area (Å²) in [6.45, 7) is 0. The van der Waals surface area contributed by atoms with Crippen LogP contribution in [0, 0.1) is 0 Å². The molecule has 0 radical (unpaired) electrons. The van der Waals surface area contributed by atoms with Gasteiger partial charge in [0.25, 0.3) is 0 Å². The molecule has 11 nitrogen and oxygen atoms in total. The molecule has 0 saturated heterocycles. The third kappa shape index (κ3) is 14.2. The maximum absolute atomic E-state index is 6.16. The normalized spacial score (nSPS) is 11.4. The first-order valence-corrected chi connectivity index (χ1v) is 41.7. The Morgan fingerprint density at radius 1 is 0.154 bits per heavy atom. The SMILES string of the molecule is c1ccc(-c2nc(-c3ccccc3)nc(-c3cccc(-c4ccc5c(ccc6oc7ccccc7c65)c4)c3)n2)cc1.c1ccc(-c2nc(-c3ccccc3)nc(-c3cccc(-c4cccc5c4ccc4oc6ccccc6c45)c3)n2)cc1.c1ccc(-c2nc(-c3ccccc3)nc(-c3cccc(-c4cccc5ccc6sc7ccccc7c6c45)c3)n2)cc1. The van der Waals surface area contributed by atoms with Gasteiger partial charge in [-0.1, -0.05) is 358 Å². The van der Waals surface area contributed by atoms with Crippen LogP contribution in [0.5, 0.6) is 0 Å². The zero-order chi connectivity index (χ0) is 81.5. The molecule has 0 spiro atoms. The van der Waals surface area contributed by atoms with E-state index in [4.69, 9.17) is 53.7 Å². The third-order valence-electron chi connectivity index (χ3n) is 22.6. The van der Waals surface area contributed by atoms with Crippen molar-refractivity contribution < 1.29 is 8.83 Å². The fraction of sp³-hybridized carbons (Fsp3) is 0. The number of hydrogen-bond donors (Lipinski definition) is 0. The van der Waals surface area contributed by atoms with E-state index >= 15 is 0 Å². The summed E-state index contributed by atoms with van der Waals surface area (Å²) in [6.07, 6.45) is 0. The number of aromatic nitrogens is 9. The molecule has 12 heteroatoms. The van der Waals surface area contributed by atoms with Crippen molar-refractivity contribution in [2.24, 2.45) is 0 Å². The van der Waals surface area contributed by atoms with Crippen LogP contribution in [0.15, 0.2) is 427 Å². The minimum atomic E-state index is 0.642. The molecule has 0 aliphatic carbocycles. The van der Waals surface area contributed by atoms with Gasteiger partial charge in [-0.3, -0.25) is 0 Å². The van der Waals surface area contributed by atoms with E-state index in [1.807, 2.05) is 218 Å². The van der Waals surface area contributed by atoms with E-state index in [-0.39, 0.29) is 0 Å². The number of rotatable bonds is 12. The van der Waals surface area contributed by atoms with Crippen LogP contribution in [-0.2, 0) is 0 Å². The van der Waals surface area contributed by atoms with E-state index in [1.54, 1.807) is 0 Å². The first kappa shape index (κ1) is 73.0. The standard InChI is InChI=1S/2C37H23N3O.C37H23N3S/c1-3-11-24(12-4-1)35-38-36(25-13-5-2-6-14-25)40-37(39-35)27-16-9-15-26(23-27)28-18-10-19-30-29(28)21-22-33-34(30)31-17-7-8-20-32(31)41-33;1-3-10-24(11-4-1)35-38-36(25-12-5-2-6-13-25)40-37(39-35)29-15-9-14-26(23-29)27-18-20-30-28(22-27)19-21-33-34(30)31-16-7-8-17-32(31)41-33;1-3-11-25(12-4-1)35-38-36(26-13-5-2-6-14-26)40-37(39-35)28-17-9-16-27(23-28)29-19-10-15-24-21-22-32-34(33(24)29)30-18-7-8-20-31(30)41-32/h3*1-23H. The highest BCUT2D eigenvalue weighted by molar-refractivity contribution is 7.26. The summed E-state index contributed by atoms with van der Waals surface area (Å²) in [7, 11) is 0. The quantitative estimate of drug-likeness (QED) is 0.115. The van der Waals surface area contributed by atoms with E-state index < -0.39 is 0 Å². The first-order valence-electron chi connectivity index (χ1n) is 40.9. The topological polar surface area (TPSA) is 142 Å². The molecule has 0 fully saturated rings. The van der Waals surface area contributed by atoms with E-state index in [2.05, 4.69) is 212 Å². The summed E-state index contributed by atoms with van der Waals surface area (Å²) in [6, 6.07) is 144. The molecule has 0 aliphatic rings. The van der Waals surface area contributed by atoms with Crippen LogP contribution in [0.4, 0.5) is 0 Å². The summed E-state index contributed by atoms with van der Waals surface area (Å²) >= 11 is 1.85. The Morgan fingerprint density at radius 3 is 0.959 bits per heavy atom. The first-order chi connectivity index (χ1) is 60.9. The van der Waals surface area contributed by atoms with Crippen LogP contribution in [0.3, 0.4) is 0 Å². The Kier molecular flexibility index (Phi) is 18.9. The summed E-state index contributed by atoms with van der Waals surface area (Å²) < 4.78 is 14.9. The maximum atomic E-state index is 6.16. The Bertz CT molecular complexity index is 7950. The lowest BCUT2D eigenvalue weighted by molar-refractivity contribution is 0.669. The highest BCUT2D eigenvalue weighted by Crippen LogP contribution is 2.45. The summed E-state index contributed by atoms with van der Waals surface area (Å²) in [5, 5.41) is 14.4. The molecule has 0 N–H and O–H groups in total. The minimum absolute atomic E-state index is 0.642. The van der Waals surface area contributed by atoms with Gasteiger partial charge in [-0.15, -0.1) is 11.3 Å². The monoisotopic (exact) mass is 1590 g/mol. The molecule has 24 aromatic rings. The Labute approximate surface area is 711 Å². The second-order valence-electron chi connectivity index (χ2n) is 30.2. The average Bonchev–Trinajstić information content (AvgIpc) is 1.64. The number of furan rings is 2. The molecule has 0 unspecified atom stereocenters. The van der Waals surface area contributed by atoms with Gasteiger partial charge in [0.2, 0.25) is 0 Å². The van der Waals surface area contributed by atoms with Gasteiger partial charge in [-0.05, 0) is 126 Å². The van der Waals surface area contributed by atoms with Crippen LogP contribution >= 0.6 is 11.3 Å². The second-order valence-corrected chi connectivity index (χ2v) is 31.3. The Hall–Kier alpha value is -16.4. The largest absolute Gasteiger partial charge is 0.456 e. The lowest BCUT2D eigenvalue weighted by atomic mass is 9.94. The number of fused-ring (bicyclic) bond motifs is 15. The van der Waals surface area contributed by atoms with Crippen molar-refractivity contribution in [3.05, 3.63) is 419 Å². The number of nitrogens with zero attached hydrogens (tertiary/aromatic N) is 9. The van der Waals surface area contributed by atoms with Crippen molar-refractivity contribution in [2.75, 3.05) is 0 Å². The fourth-order valence-corrected chi connectivity index (χ4v) is 17.8. The van der Waals surface area contributed by atoms with Crippen molar-refractivity contribution >= 4 is 108 Å². The smallest absolute Gasteiger partial charge is 0.164 e. The lowest BCUT2D eigenvalue weighted by Crippen LogP contribution is -2.00. The molecule has 6 heterocycles. The van der Waals surface area contributed by atoms with Crippen LogP contribution in [0.25, 0.3) is 232 Å². The van der Waals surface area contributed by atoms with Crippen molar-refractivity contribution in [2.45, 2.75) is 0 Å². The molecule has 18 aromatic carbocycles. The van der Waals surface area contributed by atoms with Gasteiger partial charge in [0, 0.05) is 91.8 Å². The molecule has 0 saturated carbocycles. The number of para-hydroxylation sites is 2. The number of benzene rings is 18. The van der Waals surface area contributed by atoms with Gasteiger partial charge in [0.15, 0.2) is 52.4 Å². The Morgan fingerprint density at radius 2 is 0.480 bits per heavy atom. The number of hydrogen-bond acceptors (Lipinski definition) is 12. The zero-order valence-corrected chi connectivity index (χ0v) is 66.9. The van der Waals surface area contributed by atoms with Crippen LogP contribution in [0.1, 0.15) is 0 Å². The van der Waals surface area contributed by atoms with Gasteiger partial charge in [-0.2, -0.15) is 0 Å². The summed E-state index contributed by atoms with van der Waals surface area (Å²) in [5.41, 5.74) is 19.0. The molecule has 24 rings (SSSR count). The molecule has 0 amide bonds. The Balaban J connectivity index is 0.000000110. The van der Waals surface area contributed by atoms with Crippen molar-refractivity contribution in [1.29, 1.82) is 0 Å². The average molecular weight is 1590 g/mol. The maximum Gasteiger partial charge on any atom is 0.164 e. The molecular weight excluding hydrogens is 1520 g/mol. The van der Waals surface area contributed by atoms with Gasteiger partial charge < -0.3 is 8.83 Å². The van der Waals surface area contributed by atoms with Crippen molar-refractivity contribution in [3.8, 4) is 136 Å². The molecular formula is C111H69N9O2S. The summed E-state index contributed by atoms with van der Waals surface area (Å²) in [4.78, 5) is 44.1. The predicted molar refractivity (Wildman–Crippen MR) is 505 cm³/mol. The van der Waals surface area contributed by atoms with Gasteiger partial charge >= 0.3 is 0 Å². The van der Waals surface area contributed by atoms with Crippen LogP contribution in [0.2, 0.25) is 0 Å². The molecule has 576 valence electrons.